The van der Waals surface area contributed by atoms with Crippen molar-refractivity contribution in [2.45, 2.75) is 25.4 Å². The molecule has 102 valence electrons. The zero-order valence-electron chi connectivity index (χ0n) is 10.7. The molecule has 0 bridgehead atoms. The molecule has 1 fully saturated rings. The van der Waals surface area contributed by atoms with E-state index in [4.69, 9.17) is 0 Å². The molecule has 0 spiro atoms. The summed E-state index contributed by atoms with van der Waals surface area (Å²) in [4.78, 5) is 6.39. The van der Waals surface area contributed by atoms with Crippen LogP contribution in [0.3, 0.4) is 0 Å². The molecule has 2 rings (SSSR count). The van der Waals surface area contributed by atoms with Gasteiger partial charge in [0.1, 0.15) is 9.84 Å². The van der Waals surface area contributed by atoms with Crippen molar-refractivity contribution in [1.82, 2.24) is 10.3 Å². The highest BCUT2D eigenvalue weighted by atomic mass is 32.2. The third-order valence-electron chi connectivity index (χ3n) is 2.81. The number of nitrogens with one attached hydrogen (secondary N) is 1. The predicted octanol–water partition coefficient (Wildman–Crippen LogP) is 0.876. The van der Waals surface area contributed by atoms with Gasteiger partial charge >= 0.3 is 0 Å². The lowest BCUT2D eigenvalue weighted by molar-refractivity contribution is 0.601. The number of anilines is 1. The molecule has 1 N–H and O–H groups in total. The maximum Gasteiger partial charge on any atom is 0.185 e. The molecule has 5 nitrogen and oxygen atoms in total. The van der Waals surface area contributed by atoms with Gasteiger partial charge in [0.15, 0.2) is 5.13 Å². The summed E-state index contributed by atoms with van der Waals surface area (Å²) in [6.07, 6.45) is 3.80. The number of sulfone groups is 1. The minimum atomic E-state index is -2.91. The second-order valence-corrected chi connectivity index (χ2v) is 7.92. The second kappa shape index (κ2) is 5.54. The van der Waals surface area contributed by atoms with Gasteiger partial charge in [0, 0.05) is 37.8 Å². The summed E-state index contributed by atoms with van der Waals surface area (Å²) in [6.45, 7) is 1.29. The molecule has 1 heterocycles. The Bertz CT molecular complexity index is 494. The van der Waals surface area contributed by atoms with Crippen molar-refractivity contribution in [2.24, 2.45) is 0 Å². The van der Waals surface area contributed by atoms with Crippen LogP contribution in [-0.2, 0) is 16.4 Å². The normalized spacial score (nSPS) is 15.9. The third kappa shape index (κ3) is 4.55. The highest BCUT2D eigenvalue weighted by Gasteiger charge is 2.20. The second-order valence-electron chi connectivity index (χ2n) is 4.83. The van der Waals surface area contributed by atoms with Crippen molar-refractivity contribution >= 4 is 26.3 Å². The molecule has 0 aliphatic heterocycles. The molecule has 0 aromatic carbocycles. The highest BCUT2D eigenvalue weighted by molar-refractivity contribution is 7.90. The van der Waals surface area contributed by atoms with Crippen LogP contribution in [0, 0.1) is 0 Å². The molecule has 0 amide bonds. The average molecular weight is 289 g/mol. The number of rotatable bonds is 7. The first-order valence-corrected chi connectivity index (χ1v) is 8.95. The minimum Gasteiger partial charge on any atom is -0.350 e. The van der Waals surface area contributed by atoms with Gasteiger partial charge in [0.05, 0.1) is 11.4 Å². The summed E-state index contributed by atoms with van der Waals surface area (Å²) in [5, 5.41) is 6.32. The van der Waals surface area contributed by atoms with E-state index in [1.54, 1.807) is 11.3 Å². The van der Waals surface area contributed by atoms with Gasteiger partial charge in [0.25, 0.3) is 0 Å². The van der Waals surface area contributed by atoms with Gasteiger partial charge in [-0.1, -0.05) is 0 Å². The first-order chi connectivity index (χ1) is 8.44. The molecule has 0 unspecified atom stereocenters. The Balaban J connectivity index is 1.83. The molecule has 7 heteroatoms. The van der Waals surface area contributed by atoms with Crippen LogP contribution in [0.1, 0.15) is 18.5 Å². The number of hydrogen-bond donors (Lipinski definition) is 1. The molecule has 1 aromatic heterocycles. The summed E-state index contributed by atoms with van der Waals surface area (Å²) in [5.41, 5.74) is 1.04. The van der Waals surface area contributed by atoms with E-state index in [9.17, 15) is 8.42 Å². The van der Waals surface area contributed by atoms with Gasteiger partial charge in [-0.05, 0) is 12.8 Å². The Morgan fingerprint density at radius 3 is 2.89 bits per heavy atom. The maximum atomic E-state index is 11.1. The van der Waals surface area contributed by atoms with Crippen molar-refractivity contribution in [2.75, 3.05) is 30.5 Å². The SMILES string of the molecule is CN(CCS(C)(=O)=O)c1nc(CNC2CC2)cs1. The lowest BCUT2D eigenvalue weighted by Gasteiger charge is -2.14. The number of aromatic nitrogens is 1. The summed E-state index contributed by atoms with van der Waals surface area (Å²) in [6, 6.07) is 0.679. The zero-order chi connectivity index (χ0) is 13.2. The Hall–Kier alpha value is -0.660. The summed E-state index contributed by atoms with van der Waals surface area (Å²) < 4.78 is 22.2. The smallest absolute Gasteiger partial charge is 0.185 e. The topological polar surface area (TPSA) is 62.3 Å². The molecule has 1 aliphatic rings. The molecule has 1 aliphatic carbocycles. The fraction of sp³-hybridized carbons (Fsp3) is 0.727. The van der Waals surface area contributed by atoms with Gasteiger partial charge in [-0.25, -0.2) is 13.4 Å². The van der Waals surface area contributed by atoms with E-state index in [0.29, 0.717) is 12.6 Å². The van der Waals surface area contributed by atoms with Crippen LogP contribution in [0.2, 0.25) is 0 Å². The molecule has 0 radical (unpaired) electrons. The average Bonchev–Trinajstić information content (AvgIpc) is 3.00. The first-order valence-electron chi connectivity index (χ1n) is 6.01. The van der Waals surface area contributed by atoms with Crippen molar-refractivity contribution < 1.29 is 8.42 Å². The van der Waals surface area contributed by atoms with E-state index in [1.165, 1.54) is 19.1 Å². The molecule has 0 atom stereocenters. The largest absolute Gasteiger partial charge is 0.350 e. The van der Waals surface area contributed by atoms with Gasteiger partial charge in [-0.3, -0.25) is 0 Å². The maximum absolute atomic E-state index is 11.1. The van der Waals surface area contributed by atoms with Crippen LogP contribution < -0.4 is 10.2 Å². The lowest BCUT2D eigenvalue weighted by Crippen LogP contribution is -2.24. The Labute approximate surface area is 112 Å². The number of hydrogen-bond acceptors (Lipinski definition) is 6. The number of thiazole rings is 1. The predicted molar refractivity (Wildman–Crippen MR) is 75.0 cm³/mol. The van der Waals surface area contributed by atoms with Crippen molar-refractivity contribution in [3.63, 3.8) is 0 Å². The van der Waals surface area contributed by atoms with Crippen LogP contribution >= 0.6 is 11.3 Å². The van der Waals surface area contributed by atoms with E-state index in [-0.39, 0.29) is 5.75 Å². The monoisotopic (exact) mass is 289 g/mol. The quantitative estimate of drug-likeness (QED) is 0.807. The summed E-state index contributed by atoms with van der Waals surface area (Å²) >= 11 is 1.56. The van der Waals surface area contributed by atoms with E-state index in [1.807, 2.05) is 17.3 Å². The summed E-state index contributed by atoms with van der Waals surface area (Å²) in [5.74, 6) is 0.165. The van der Waals surface area contributed by atoms with Crippen molar-refractivity contribution in [1.29, 1.82) is 0 Å². The van der Waals surface area contributed by atoms with Gasteiger partial charge in [0.2, 0.25) is 0 Å². The molecule has 18 heavy (non-hydrogen) atoms. The van der Waals surface area contributed by atoms with Crippen molar-refractivity contribution in [3.8, 4) is 0 Å². The molecule has 1 aromatic rings. The summed E-state index contributed by atoms with van der Waals surface area (Å²) in [7, 11) is -1.03. The van der Waals surface area contributed by atoms with E-state index < -0.39 is 9.84 Å². The van der Waals surface area contributed by atoms with Crippen LogP contribution in [0.4, 0.5) is 5.13 Å². The minimum absolute atomic E-state index is 0.165. The van der Waals surface area contributed by atoms with Crippen LogP contribution in [0.5, 0.6) is 0 Å². The molecular formula is C11H19N3O2S2. The van der Waals surface area contributed by atoms with Crippen LogP contribution in [-0.4, -0.2) is 45.0 Å². The van der Waals surface area contributed by atoms with E-state index in [0.717, 1.165) is 17.4 Å². The Morgan fingerprint density at radius 1 is 1.56 bits per heavy atom. The molecule has 1 saturated carbocycles. The molecule has 0 saturated heterocycles. The van der Waals surface area contributed by atoms with Crippen molar-refractivity contribution in [3.05, 3.63) is 11.1 Å². The standard InChI is InChI=1S/C11H19N3O2S2/c1-14(5-6-18(2,15)16)11-13-10(8-17-11)7-12-9-3-4-9/h8-9,12H,3-7H2,1-2H3. The highest BCUT2D eigenvalue weighted by Crippen LogP contribution is 2.22. The molecular weight excluding hydrogens is 270 g/mol. The van der Waals surface area contributed by atoms with Gasteiger partial charge < -0.3 is 10.2 Å². The van der Waals surface area contributed by atoms with Gasteiger partial charge in [-0.15, -0.1) is 11.3 Å². The lowest BCUT2D eigenvalue weighted by atomic mass is 10.5. The fourth-order valence-corrected chi connectivity index (χ4v) is 2.91. The zero-order valence-corrected chi connectivity index (χ0v) is 12.4. The fourth-order valence-electron chi connectivity index (χ4n) is 1.49. The van der Waals surface area contributed by atoms with E-state index in [2.05, 4.69) is 10.3 Å². The Kier molecular flexibility index (Phi) is 4.24. The number of nitrogens with zero attached hydrogens (tertiary/aromatic N) is 2. The first kappa shape index (κ1) is 13.8. The van der Waals surface area contributed by atoms with Crippen LogP contribution in [0.25, 0.3) is 0 Å². The van der Waals surface area contributed by atoms with Crippen LogP contribution in [0.15, 0.2) is 5.38 Å². The Morgan fingerprint density at radius 2 is 2.28 bits per heavy atom. The van der Waals surface area contributed by atoms with E-state index >= 15 is 0 Å². The third-order valence-corrected chi connectivity index (χ3v) is 4.74. The van der Waals surface area contributed by atoms with Gasteiger partial charge in [-0.2, -0.15) is 0 Å².